The second kappa shape index (κ2) is 5.36. The first-order valence-electron chi connectivity index (χ1n) is 6.65. The highest BCUT2D eigenvalue weighted by Crippen LogP contribution is 2.35. The average molecular weight is 320 g/mol. The maximum Gasteiger partial charge on any atom is 0.238 e. The lowest BCUT2D eigenvalue weighted by Gasteiger charge is -2.09. The Bertz CT molecular complexity index is 801. The summed E-state index contributed by atoms with van der Waals surface area (Å²) in [7, 11) is -3.71. The van der Waals surface area contributed by atoms with Crippen LogP contribution in [0.5, 0.6) is 0 Å². The zero-order valence-corrected chi connectivity index (χ0v) is 13.0. The summed E-state index contributed by atoms with van der Waals surface area (Å²) in [5.74, 6) is 0. The largest absolute Gasteiger partial charge is 0.398 e. The van der Waals surface area contributed by atoms with Gasteiger partial charge in [0, 0.05) is 15.5 Å². The van der Waals surface area contributed by atoms with E-state index >= 15 is 0 Å². The van der Waals surface area contributed by atoms with Crippen LogP contribution in [0.15, 0.2) is 51.1 Å². The van der Waals surface area contributed by atoms with E-state index in [1.807, 2.05) is 0 Å². The molecule has 0 bridgehead atoms. The number of aryl methyl sites for hydroxylation is 2. The van der Waals surface area contributed by atoms with E-state index in [0.29, 0.717) is 10.6 Å². The Morgan fingerprint density at radius 2 is 1.76 bits per heavy atom. The first-order chi connectivity index (χ1) is 9.93. The van der Waals surface area contributed by atoms with Gasteiger partial charge in [0.25, 0.3) is 0 Å². The van der Waals surface area contributed by atoms with Crippen molar-refractivity contribution in [2.75, 3.05) is 5.73 Å². The minimum absolute atomic E-state index is 0.0837. The van der Waals surface area contributed by atoms with Gasteiger partial charge in [-0.15, -0.1) is 0 Å². The molecular formula is C15H16N2O2S2. The summed E-state index contributed by atoms with van der Waals surface area (Å²) >= 11 is 1.47. The van der Waals surface area contributed by atoms with E-state index in [2.05, 4.69) is 18.2 Å². The van der Waals surface area contributed by atoms with Gasteiger partial charge in [0.2, 0.25) is 10.0 Å². The Morgan fingerprint density at radius 1 is 1.00 bits per heavy atom. The molecule has 0 unspecified atom stereocenters. The lowest BCUT2D eigenvalue weighted by Crippen LogP contribution is -2.12. The van der Waals surface area contributed by atoms with E-state index in [-0.39, 0.29) is 4.90 Å². The van der Waals surface area contributed by atoms with E-state index in [1.54, 1.807) is 6.07 Å². The molecule has 0 atom stereocenters. The van der Waals surface area contributed by atoms with Crippen molar-refractivity contribution in [1.29, 1.82) is 0 Å². The van der Waals surface area contributed by atoms with Gasteiger partial charge in [0.05, 0.1) is 4.90 Å². The number of hydrogen-bond donors (Lipinski definition) is 2. The highest BCUT2D eigenvalue weighted by Gasteiger charge is 2.14. The molecule has 1 aliphatic rings. The fourth-order valence-corrected chi connectivity index (χ4v) is 4.10. The molecule has 0 radical (unpaired) electrons. The molecule has 2 aromatic carbocycles. The van der Waals surface area contributed by atoms with Gasteiger partial charge in [-0.05, 0) is 60.7 Å². The molecule has 21 heavy (non-hydrogen) atoms. The Labute approximate surface area is 128 Å². The molecule has 1 aliphatic carbocycles. The lowest BCUT2D eigenvalue weighted by atomic mass is 10.1. The molecule has 110 valence electrons. The number of rotatable bonds is 3. The SMILES string of the molecule is Nc1ccc(S(N)(=O)=O)cc1Sc1ccc2c(c1)CCC2. The highest BCUT2D eigenvalue weighted by molar-refractivity contribution is 7.99. The van der Waals surface area contributed by atoms with Gasteiger partial charge in [0.1, 0.15) is 0 Å². The number of anilines is 1. The van der Waals surface area contributed by atoms with Crippen LogP contribution in [0, 0.1) is 0 Å². The van der Waals surface area contributed by atoms with Crippen molar-refractivity contribution >= 4 is 27.5 Å². The van der Waals surface area contributed by atoms with Gasteiger partial charge >= 0.3 is 0 Å². The third-order valence-electron chi connectivity index (χ3n) is 3.61. The standard InChI is InChI=1S/C15H16N2O2S2/c16-14-7-6-13(21(17,18)19)9-15(14)20-12-5-4-10-2-1-3-11(10)8-12/h4-9H,1-3,16H2,(H2,17,18,19). The van der Waals surface area contributed by atoms with E-state index in [4.69, 9.17) is 10.9 Å². The summed E-state index contributed by atoms with van der Waals surface area (Å²) in [6.07, 6.45) is 3.45. The van der Waals surface area contributed by atoms with Crippen LogP contribution in [0.1, 0.15) is 17.5 Å². The summed E-state index contributed by atoms with van der Waals surface area (Å²) in [4.78, 5) is 1.86. The minimum Gasteiger partial charge on any atom is -0.398 e. The van der Waals surface area contributed by atoms with E-state index in [0.717, 1.165) is 17.7 Å². The average Bonchev–Trinajstić information content (AvgIpc) is 2.87. The number of benzene rings is 2. The maximum atomic E-state index is 11.4. The number of nitrogen functional groups attached to an aromatic ring is 1. The number of nitrogens with two attached hydrogens (primary N) is 2. The minimum atomic E-state index is -3.71. The lowest BCUT2D eigenvalue weighted by molar-refractivity contribution is 0.597. The Morgan fingerprint density at radius 3 is 2.52 bits per heavy atom. The summed E-state index contributed by atoms with van der Waals surface area (Å²) in [6, 6.07) is 10.9. The zero-order chi connectivity index (χ0) is 15.0. The van der Waals surface area contributed by atoms with E-state index in [9.17, 15) is 8.42 Å². The van der Waals surface area contributed by atoms with Crippen LogP contribution in [0.4, 0.5) is 5.69 Å². The van der Waals surface area contributed by atoms with Gasteiger partial charge < -0.3 is 5.73 Å². The van der Waals surface area contributed by atoms with Crippen molar-refractivity contribution in [1.82, 2.24) is 0 Å². The fraction of sp³-hybridized carbons (Fsp3) is 0.200. The molecule has 0 aromatic heterocycles. The second-order valence-electron chi connectivity index (χ2n) is 5.13. The first-order valence-corrected chi connectivity index (χ1v) is 9.02. The van der Waals surface area contributed by atoms with Crippen LogP contribution in [0.3, 0.4) is 0 Å². The molecule has 2 aromatic rings. The molecule has 0 amide bonds. The van der Waals surface area contributed by atoms with Crippen LogP contribution in [0.2, 0.25) is 0 Å². The molecule has 3 rings (SSSR count). The molecule has 0 heterocycles. The van der Waals surface area contributed by atoms with Gasteiger partial charge in [0.15, 0.2) is 0 Å². The maximum absolute atomic E-state index is 11.4. The molecule has 0 saturated heterocycles. The highest BCUT2D eigenvalue weighted by atomic mass is 32.2. The quantitative estimate of drug-likeness (QED) is 0.851. The number of hydrogen-bond acceptors (Lipinski definition) is 4. The van der Waals surface area contributed by atoms with Crippen molar-refractivity contribution in [2.24, 2.45) is 5.14 Å². The Balaban J connectivity index is 1.94. The molecule has 0 aliphatic heterocycles. The van der Waals surface area contributed by atoms with Gasteiger partial charge in [-0.25, -0.2) is 13.6 Å². The third kappa shape index (κ3) is 3.07. The number of fused-ring (bicyclic) bond motifs is 1. The molecular weight excluding hydrogens is 304 g/mol. The number of primary sulfonamides is 1. The summed E-state index contributed by atoms with van der Waals surface area (Å²) in [6.45, 7) is 0. The Kier molecular flexibility index (Phi) is 3.69. The van der Waals surface area contributed by atoms with Gasteiger partial charge in [-0.1, -0.05) is 17.8 Å². The van der Waals surface area contributed by atoms with Crippen molar-refractivity contribution in [2.45, 2.75) is 33.9 Å². The van der Waals surface area contributed by atoms with Gasteiger partial charge in [-0.3, -0.25) is 0 Å². The molecule has 0 fully saturated rings. The van der Waals surface area contributed by atoms with Gasteiger partial charge in [-0.2, -0.15) is 0 Å². The van der Waals surface area contributed by atoms with Crippen molar-refractivity contribution in [3.8, 4) is 0 Å². The van der Waals surface area contributed by atoms with Crippen LogP contribution in [-0.4, -0.2) is 8.42 Å². The monoisotopic (exact) mass is 320 g/mol. The Hall–Kier alpha value is -1.50. The van der Waals surface area contributed by atoms with Crippen molar-refractivity contribution < 1.29 is 8.42 Å². The van der Waals surface area contributed by atoms with Crippen LogP contribution >= 0.6 is 11.8 Å². The number of sulfonamides is 1. The fourth-order valence-electron chi connectivity index (χ4n) is 2.52. The predicted octanol–water partition coefficient (Wildman–Crippen LogP) is 2.56. The van der Waals surface area contributed by atoms with E-state index < -0.39 is 10.0 Å². The summed E-state index contributed by atoms with van der Waals surface area (Å²) in [5, 5.41) is 5.17. The molecule has 6 heteroatoms. The second-order valence-corrected chi connectivity index (χ2v) is 7.81. The summed E-state index contributed by atoms with van der Waals surface area (Å²) < 4.78 is 22.9. The summed E-state index contributed by atoms with van der Waals surface area (Å²) in [5.41, 5.74) is 9.27. The van der Waals surface area contributed by atoms with Crippen molar-refractivity contribution in [3.05, 3.63) is 47.5 Å². The zero-order valence-electron chi connectivity index (χ0n) is 11.4. The topological polar surface area (TPSA) is 86.2 Å². The van der Waals surface area contributed by atoms with Crippen LogP contribution in [-0.2, 0) is 22.9 Å². The molecule has 4 N–H and O–H groups in total. The predicted molar refractivity (Wildman–Crippen MR) is 84.8 cm³/mol. The first kappa shape index (κ1) is 14.4. The van der Waals surface area contributed by atoms with Crippen molar-refractivity contribution in [3.63, 3.8) is 0 Å². The molecule has 0 spiro atoms. The molecule has 4 nitrogen and oxygen atoms in total. The van der Waals surface area contributed by atoms with E-state index in [1.165, 1.54) is 41.4 Å². The smallest absolute Gasteiger partial charge is 0.238 e. The third-order valence-corrected chi connectivity index (χ3v) is 5.59. The van der Waals surface area contributed by atoms with Crippen LogP contribution in [0.25, 0.3) is 0 Å². The van der Waals surface area contributed by atoms with Crippen LogP contribution < -0.4 is 10.9 Å². The normalized spacial score (nSPS) is 14.1. The molecule has 0 saturated carbocycles.